The van der Waals surface area contributed by atoms with Crippen LogP contribution in [0.5, 0.6) is 0 Å². The standard InChI is InChI=1S/C16H11ClN6S/c1-2-9-23-15(11-5-7-19-8-6-11)21-22-16(23)24-14-4-3-12(17)13(10-18)20-14/h2-8H,1,9H2. The number of aromatic nitrogens is 5. The van der Waals surface area contributed by atoms with Gasteiger partial charge in [0.1, 0.15) is 11.1 Å². The van der Waals surface area contributed by atoms with E-state index >= 15 is 0 Å². The summed E-state index contributed by atoms with van der Waals surface area (Å²) in [5, 5.41) is 19.1. The van der Waals surface area contributed by atoms with Crippen LogP contribution in [-0.4, -0.2) is 24.7 Å². The Hall–Kier alpha value is -2.69. The Labute approximate surface area is 147 Å². The van der Waals surface area contributed by atoms with Crippen molar-refractivity contribution < 1.29 is 0 Å². The second-order valence-corrected chi connectivity index (χ2v) is 6.03. The average Bonchev–Trinajstić information content (AvgIpc) is 3.00. The van der Waals surface area contributed by atoms with E-state index in [9.17, 15) is 0 Å². The van der Waals surface area contributed by atoms with Crippen LogP contribution in [0.2, 0.25) is 5.02 Å². The summed E-state index contributed by atoms with van der Waals surface area (Å²) in [4.78, 5) is 8.23. The molecule has 118 valence electrons. The van der Waals surface area contributed by atoms with Crippen LogP contribution >= 0.6 is 23.4 Å². The van der Waals surface area contributed by atoms with Gasteiger partial charge in [-0.15, -0.1) is 16.8 Å². The van der Waals surface area contributed by atoms with Crippen LogP contribution in [0.3, 0.4) is 0 Å². The first-order valence-corrected chi connectivity index (χ1v) is 8.11. The SMILES string of the molecule is C=CCn1c(Sc2ccc(Cl)c(C#N)n2)nnc1-c1ccncc1. The van der Waals surface area contributed by atoms with Crippen LogP contribution in [0.4, 0.5) is 0 Å². The third-order valence-electron chi connectivity index (χ3n) is 3.09. The van der Waals surface area contributed by atoms with Gasteiger partial charge in [-0.1, -0.05) is 17.7 Å². The van der Waals surface area contributed by atoms with Crippen LogP contribution in [0.15, 0.2) is 59.5 Å². The van der Waals surface area contributed by atoms with Crippen LogP contribution in [-0.2, 0) is 6.54 Å². The molecule has 0 aliphatic rings. The van der Waals surface area contributed by atoms with Gasteiger partial charge in [0.05, 0.1) is 5.02 Å². The molecule has 0 spiro atoms. The molecule has 0 aromatic carbocycles. The fourth-order valence-electron chi connectivity index (χ4n) is 2.03. The van der Waals surface area contributed by atoms with E-state index in [1.54, 1.807) is 30.6 Å². The van der Waals surface area contributed by atoms with Gasteiger partial charge >= 0.3 is 0 Å². The van der Waals surface area contributed by atoms with E-state index in [0.717, 1.165) is 5.56 Å². The van der Waals surface area contributed by atoms with Crippen LogP contribution in [0.25, 0.3) is 11.4 Å². The fraction of sp³-hybridized carbons (Fsp3) is 0.0625. The van der Waals surface area contributed by atoms with Crippen molar-refractivity contribution in [2.24, 2.45) is 0 Å². The van der Waals surface area contributed by atoms with E-state index in [1.807, 2.05) is 22.8 Å². The molecule has 0 fully saturated rings. The van der Waals surface area contributed by atoms with Crippen LogP contribution in [0.1, 0.15) is 5.69 Å². The lowest BCUT2D eigenvalue weighted by Gasteiger charge is -2.07. The summed E-state index contributed by atoms with van der Waals surface area (Å²) in [5.41, 5.74) is 1.10. The maximum Gasteiger partial charge on any atom is 0.198 e. The molecular formula is C16H11ClN6S. The summed E-state index contributed by atoms with van der Waals surface area (Å²) >= 11 is 7.23. The molecule has 0 atom stereocenters. The van der Waals surface area contributed by atoms with Gasteiger partial charge in [-0.2, -0.15) is 5.26 Å². The highest BCUT2D eigenvalue weighted by molar-refractivity contribution is 7.99. The molecule has 24 heavy (non-hydrogen) atoms. The summed E-state index contributed by atoms with van der Waals surface area (Å²) in [6.07, 6.45) is 5.18. The predicted octanol–water partition coefficient (Wildman–Crippen LogP) is 3.60. The zero-order valence-corrected chi connectivity index (χ0v) is 14.0. The van der Waals surface area contributed by atoms with E-state index in [1.165, 1.54) is 11.8 Å². The quantitative estimate of drug-likeness (QED) is 0.651. The Bertz CT molecular complexity index is 916. The van der Waals surface area contributed by atoms with Gasteiger partial charge in [0.2, 0.25) is 0 Å². The molecule has 0 saturated carbocycles. The fourth-order valence-corrected chi connectivity index (χ4v) is 2.99. The Morgan fingerprint density at radius 3 is 2.75 bits per heavy atom. The zero-order chi connectivity index (χ0) is 16.9. The van der Waals surface area contributed by atoms with Gasteiger partial charge in [0, 0.05) is 24.5 Å². The number of rotatable bonds is 5. The number of nitriles is 1. The van der Waals surface area contributed by atoms with Gasteiger partial charge < -0.3 is 0 Å². The van der Waals surface area contributed by atoms with Crippen molar-refractivity contribution in [3.05, 3.63) is 60.0 Å². The van der Waals surface area contributed by atoms with E-state index < -0.39 is 0 Å². The molecule has 0 amide bonds. The van der Waals surface area contributed by atoms with Crippen molar-refractivity contribution in [1.29, 1.82) is 5.26 Å². The van der Waals surface area contributed by atoms with Gasteiger partial charge in [0.15, 0.2) is 16.7 Å². The van der Waals surface area contributed by atoms with Gasteiger partial charge in [-0.3, -0.25) is 9.55 Å². The van der Waals surface area contributed by atoms with E-state index in [4.69, 9.17) is 16.9 Å². The number of allylic oxidation sites excluding steroid dienone is 1. The van der Waals surface area contributed by atoms with Crippen LogP contribution in [0, 0.1) is 11.3 Å². The first-order valence-electron chi connectivity index (χ1n) is 6.92. The molecule has 8 heteroatoms. The molecule has 3 heterocycles. The highest BCUT2D eigenvalue weighted by atomic mass is 35.5. The Balaban J connectivity index is 1.98. The van der Waals surface area contributed by atoms with Gasteiger partial charge in [-0.25, -0.2) is 4.98 Å². The number of hydrogen-bond acceptors (Lipinski definition) is 6. The monoisotopic (exact) mass is 354 g/mol. The number of halogens is 1. The number of hydrogen-bond donors (Lipinski definition) is 0. The van der Waals surface area contributed by atoms with E-state index in [0.29, 0.717) is 27.6 Å². The zero-order valence-electron chi connectivity index (χ0n) is 12.4. The van der Waals surface area contributed by atoms with Gasteiger partial charge in [-0.05, 0) is 36.0 Å². The summed E-state index contributed by atoms with van der Waals surface area (Å²) in [6.45, 7) is 4.33. The molecule has 3 aromatic rings. The molecule has 6 nitrogen and oxygen atoms in total. The molecule has 0 N–H and O–H groups in total. The van der Waals surface area contributed by atoms with Crippen molar-refractivity contribution >= 4 is 23.4 Å². The predicted molar refractivity (Wildman–Crippen MR) is 91.5 cm³/mol. The molecule has 0 unspecified atom stereocenters. The Morgan fingerprint density at radius 2 is 2.04 bits per heavy atom. The molecule has 0 radical (unpaired) electrons. The average molecular weight is 355 g/mol. The lowest BCUT2D eigenvalue weighted by molar-refractivity contribution is 0.730. The topological polar surface area (TPSA) is 80.3 Å². The first-order chi connectivity index (χ1) is 11.7. The maximum absolute atomic E-state index is 9.04. The minimum Gasteiger partial charge on any atom is -0.298 e. The van der Waals surface area contributed by atoms with Crippen molar-refractivity contribution in [2.45, 2.75) is 16.7 Å². The van der Waals surface area contributed by atoms with Crippen molar-refractivity contribution in [1.82, 2.24) is 24.7 Å². The van der Waals surface area contributed by atoms with E-state index in [-0.39, 0.29) is 5.69 Å². The Morgan fingerprint density at radius 1 is 1.25 bits per heavy atom. The lowest BCUT2D eigenvalue weighted by atomic mass is 10.2. The smallest absolute Gasteiger partial charge is 0.198 e. The normalized spacial score (nSPS) is 10.3. The maximum atomic E-state index is 9.04. The molecule has 0 bridgehead atoms. The molecule has 0 aliphatic carbocycles. The summed E-state index contributed by atoms with van der Waals surface area (Å²) < 4.78 is 1.93. The number of pyridine rings is 2. The summed E-state index contributed by atoms with van der Waals surface area (Å²) in [7, 11) is 0. The third kappa shape index (κ3) is 3.30. The second-order valence-electron chi connectivity index (χ2n) is 4.64. The van der Waals surface area contributed by atoms with Crippen molar-refractivity contribution in [3.63, 3.8) is 0 Å². The second kappa shape index (κ2) is 7.25. The highest BCUT2D eigenvalue weighted by Gasteiger charge is 2.15. The van der Waals surface area contributed by atoms with Gasteiger partial charge in [0.25, 0.3) is 0 Å². The molecule has 3 aromatic heterocycles. The highest BCUT2D eigenvalue weighted by Crippen LogP contribution is 2.29. The third-order valence-corrected chi connectivity index (χ3v) is 4.32. The molecule has 3 rings (SSSR count). The lowest BCUT2D eigenvalue weighted by Crippen LogP contribution is -2.01. The summed E-state index contributed by atoms with van der Waals surface area (Å²) in [6, 6.07) is 9.09. The molecular weight excluding hydrogens is 344 g/mol. The molecule has 0 aliphatic heterocycles. The largest absolute Gasteiger partial charge is 0.298 e. The van der Waals surface area contributed by atoms with Crippen LogP contribution < -0.4 is 0 Å². The van der Waals surface area contributed by atoms with E-state index in [2.05, 4.69) is 26.7 Å². The minimum absolute atomic E-state index is 0.186. The Kier molecular flexibility index (Phi) is 4.89. The minimum atomic E-state index is 0.186. The summed E-state index contributed by atoms with van der Waals surface area (Å²) in [5.74, 6) is 0.717. The first kappa shape index (κ1) is 16.2. The number of nitrogens with zero attached hydrogens (tertiary/aromatic N) is 6. The molecule has 0 saturated heterocycles. The van der Waals surface area contributed by atoms with Crippen molar-refractivity contribution in [3.8, 4) is 17.5 Å². The van der Waals surface area contributed by atoms with Crippen molar-refractivity contribution in [2.75, 3.05) is 0 Å².